The molecule has 1 aliphatic heterocycles. The van der Waals surface area contributed by atoms with Crippen molar-refractivity contribution in [1.82, 2.24) is 30.8 Å². The number of rotatable bonds is 22. The van der Waals surface area contributed by atoms with Gasteiger partial charge in [-0.15, -0.1) is 0 Å². The molecular formula is C39H72N6O8. The number of hydrogen-bond donors (Lipinski definition) is 4. The van der Waals surface area contributed by atoms with Crippen LogP contribution in [0.15, 0.2) is 11.8 Å². The molecule has 8 atom stereocenters. The number of ether oxygens (including phenoxy) is 2. The summed E-state index contributed by atoms with van der Waals surface area (Å²) < 4.78 is 11.9. The fourth-order valence-corrected chi connectivity index (χ4v) is 7.57. The topological polar surface area (TPSA) is 170 Å². The first-order valence-electron chi connectivity index (χ1n) is 19.3. The standard InChI is InChI=1S/C39H72N6O8/c1-15-26(8)35(44(12)39(50)33(24(4)5)41-38(49)34(25(6)7)43(10)11)30(52-13)22-32(47)45-20-16-17-29(45)36(53-14)27(9)37(48)40-28(21-23(2)3)18-19-31(46)42-51/h18,23-27,29-30,33-36,51H,15-17,19-22H2,1-14H3,(H,40,48)(H,41,49)(H,42,46)/b28-18-. The normalized spacial score (nSPS) is 19.1. The minimum atomic E-state index is -0.769. The average molecular weight is 753 g/mol. The summed E-state index contributed by atoms with van der Waals surface area (Å²) in [5.74, 6) is -2.10. The van der Waals surface area contributed by atoms with Gasteiger partial charge in [0.15, 0.2) is 0 Å². The number of carbonyl (C=O) groups excluding carboxylic acids is 5. The molecule has 14 heteroatoms. The molecule has 0 aromatic rings. The molecule has 0 radical (unpaired) electrons. The third-order valence-corrected chi connectivity index (χ3v) is 10.5. The monoisotopic (exact) mass is 753 g/mol. The first-order chi connectivity index (χ1) is 24.8. The summed E-state index contributed by atoms with van der Waals surface area (Å²) in [6.45, 7) is 18.1. The molecular weight excluding hydrogens is 680 g/mol. The number of hydroxylamine groups is 1. The molecule has 0 bridgehead atoms. The highest BCUT2D eigenvalue weighted by molar-refractivity contribution is 5.90. The van der Waals surface area contributed by atoms with Crippen molar-refractivity contribution in [3.8, 4) is 0 Å². The lowest BCUT2D eigenvalue weighted by atomic mass is 9.89. The van der Waals surface area contributed by atoms with Gasteiger partial charge in [-0.1, -0.05) is 74.8 Å². The number of amides is 5. The van der Waals surface area contributed by atoms with Crippen LogP contribution in [-0.2, 0) is 33.4 Å². The number of allylic oxidation sites excluding steroid dienone is 1. The van der Waals surface area contributed by atoms with E-state index >= 15 is 0 Å². The van der Waals surface area contributed by atoms with E-state index in [-0.39, 0.29) is 66.2 Å². The van der Waals surface area contributed by atoms with Gasteiger partial charge >= 0.3 is 0 Å². The minimum Gasteiger partial charge on any atom is -0.379 e. The van der Waals surface area contributed by atoms with Crippen molar-refractivity contribution in [2.24, 2.45) is 29.6 Å². The zero-order chi connectivity index (χ0) is 40.7. The van der Waals surface area contributed by atoms with Crippen molar-refractivity contribution in [1.29, 1.82) is 0 Å². The van der Waals surface area contributed by atoms with Gasteiger partial charge in [0.05, 0.1) is 42.7 Å². The zero-order valence-electron chi connectivity index (χ0n) is 35.0. The molecule has 8 unspecified atom stereocenters. The lowest BCUT2D eigenvalue weighted by Gasteiger charge is -2.41. The third-order valence-electron chi connectivity index (χ3n) is 10.5. The molecule has 0 aromatic carbocycles. The van der Waals surface area contributed by atoms with Gasteiger partial charge in [-0.05, 0) is 57.0 Å². The van der Waals surface area contributed by atoms with Crippen LogP contribution < -0.4 is 16.1 Å². The van der Waals surface area contributed by atoms with E-state index in [1.807, 2.05) is 74.4 Å². The molecule has 1 rings (SSSR count). The largest absolute Gasteiger partial charge is 0.379 e. The number of nitrogens with one attached hydrogen (secondary N) is 3. The van der Waals surface area contributed by atoms with Gasteiger partial charge in [-0.3, -0.25) is 34.1 Å². The summed E-state index contributed by atoms with van der Waals surface area (Å²) in [4.78, 5) is 72.3. The molecule has 1 heterocycles. The maximum Gasteiger partial charge on any atom is 0.247 e. The van der Waals surface area contributed by atoms with Crippen LogP contribution in [0.4, 0.5) is 0 Å². The van der Waals surface area contributed by atoms with Gasteiger partial charge < -0.3 is 29.9 Å². The Morgan fingerprint density at radius 1 is 0.906 bits per heavy atom. The predicted octanol–water partition coefficient (Wildman–Crippen LogP) is 3.58. The van der Waals surface area contributed by atoms with E-state index in [0.717, 1.165) is 12.8 Å². The fraction of sp³-hybridized carbons (Fsp3) is 0.821. The third kappa shape index (κ3) is 13.9. The zero-order valence-corrected chi connectivity index (χ0v) is 35.0. The van der Waals surface area contributed by atoms with Crippen LogP contribution >= 0.6 is 0 Å². The number of likely N-dealkylation sites (tertiary alicyclic amines) is 1. The molecule has 0 aromatic heterocycles. The lowest BCUT2D eigenvalue weighted by Crippen LogP contribution is -2.59. The van der Waals surface area contributed by atoms with Crippen LogP contribution in [0.5, 0.6) is 0 Å². The van der Waals surface area contributed by atoms with E-state index in [1.165, 1.54) is 7.11 Å². The van der Waals surface area contributed by atoms with Crippen molar-refractivity contribution in [3.63, 3.8) is 0 Å². The Labute approximate surface area is 319 Å². The highest BCUT2D eigenvalue weighted by Crippen LogP contribution is 2.30. The summed E-state index contributed by atoms with van der Waals surface area (Å²) in [5.41, 5.74) is 2.18. The molecule has 53 heavy (non-hydrogen) atoms. The Morgan fingerprint density at radius 3 is 2.00 bits per heavy atom. The van der Waals surface area contributed by atoms with Crippen molar-refractivity contribution >= 4 is 29.5 Å². The van der Waals surface area contributed by atoms with Gasteiger partial charge in [0.2, 0.25) is 29.5 Å². The van der Waals surface area contributed by atoms with Crippen molar-refractivity contribution in [3.05, 3.63) is 11.8 Å². The van der Waals surface area contributed by atoms with Crippen molar-refractivity contribution < 1.29 is 38.7 Å². The SMILES string of the molecule is CCC(C)C(C(CC(=O)N1CCCC1C(OC)C(C)C(=O)N/C(=C\CC(=O)NO)CC(C)C)OC)N(C)C(=O)C(NC(=O)C(C(C)C)N(C)C)C(C)C. The van der Waals surface area contributed by atoms with Crippen molar-refractivity contribution in [2.45, 2.75) is 137 Å². The lowest BCUT2D eigenvalue weighted by molar-refractivity contribution is -0.148. The van der Waals surface area contributed by atoms with E-state index in [9.17, 15) is 24.0 Å². The van der Waals surface area contributed by atoms with Crippen molar-refractivity contribution in [2.75, 3.05) is 41.9 Å². The molecule has 14 nitrogen and oxygen atoms in total. The summed E-state index contributed by atoms with van der Waals surface area (Å²) in [6.07, 6.45) is 2.91. The maximum atomic E-state index is 14.2. The van der Waals surface area contributed by atoms with Crippen LogP contribution in [0.2, 0.25) is 0 Å². The quantitative estimate of drug-likeness (QED) is 0.0955. The summed E-state index contributed by atoms with van der Waals surface area (Å²) in [6, 6.07) is -2.00. The Hall–Kier alpha value is -3.07. The summed E-state index contributed by atoms with van der Waals surface area (Å²) in [5, 5.41) is 14.9. The summed E-state index contributed by atoms with van der Waals surface area (Å²) in [7, 11) is 8.51. The number of likely N-dealkylation sites (N-methyl/N-ethyl adjacent to an activating group) is 2. The van der Waals surface area contributed by atoms with Crippen LogP contribution in [0.25, 0.3) is 0 Å². The van der Waals surface area contributed by atoms with Gasteiger partial charge in [0.1, 0.15) is 6.04 Å². The highest BCUT2D eigenvalue weighted by Gasteiger charge is 2.43. The summed E-state index contributed by atoms with van der Waals surface area (Å²) >= 11 is 0. The van der Waals surface area contributed by atoms with E-state index in [1.54, 1.807) is 42.4 Å². The Morgan fingerprint density at radius 2 is 1.53 bits per heavy atom. The van der Waals surface area contributed by atoms with Crippen LogP contribution in [-0.4, -0.2) is 128 Å². The Balaban J connectivity index is 3.29. The highest BCUT2D eigenvalue weighted by atomic mass is 16.5. The molecule has 306 valence electrons. The molecule has 4 N–H and O–H groups in total. The average Bonchev–Trinajstić information content (AvgIpc) is 3.57. The second-order valence-corrected chi connectivity index (χ2v) is 16.0. The first kappa shape index (κ1) is 48.0. The molecule has 5 amide bonds. The number of methoxy groups -OCH3 is 2. The van der Waals surface area contributed by atoms with Gasteiger partial charge in [-0.2, -0.15) is 0 Å². The molecule has 0 spiro atoms. The minimum absolute atomic E-state index is 0.0135. The predicted molar refractivity (Wildman–Crippen MR) is 205 cm³/mol. The van der Waals surface area contributed by atoms with E-state index < -0.39 is 42.2 Å². The van der Waals surface area contributed by atoms with Gasteiger partial charge in [0, 0.05) is 39.9 Å². The first-order valence-corrected chi connectivity index (χ1v) is 19.3. The van der Waals surface area contributed by atoms with Crippen LogP contribution in [0.1, 0.15) is 101 Å². The Kier molecular flexibility index (Phi) is 20.8. The second kappa shape index (κ2) is 23.0. The molecule has 1 fully saturated rings. The molecule has 1 aliphatic rings. The van der Waals surface area contributed by atoms with E-state index in [0.29, 0.717) is 25.1 Å². The van der Waals surface area contributed by atoms with E-state index in [4.69, 9.17) is 14.7 Å². The van der Waals surface area contributed by atoms with E-state index in [2.05, 4.69) is 10.6 Å². The fourth-order valence-electron chi connectivity index (χ4n) is 7.57. The second-order valence-electron chi connectivity index (χ2n) is 16.0. The van der Waals surface area contributed by atoms with Crippen LogP contribution in [0.3, 0.4) is 0 Å². The maximum absolute atomic E-state index is 14.2. The molecule has 1 saturated heterocycles. The Bertz CT molecular complexity index is 1220. The number of carbonyl (C=O) groups is 5. The van der Waals surface area contributed by atoms with Gasteiger partial charge in [-0.25, -0.2) is 5.48 Å². The van der Waals surface area contributed by atoms with Crippen LogP contribution in [0, 0.1) is 29.6 Å². The number of nitrogens with zero attached hydrogens (tertiary/aromatic N) is 3. The molecule has 0 saturated carbocycles. The molecule has 0 aliphatic carbocycles. The van der Waals surface area contributed by atoms with Gasteiger partial charge in [0.25, 0.3) is 0 Å². The smallest absolute Gasteiger partial charge is 0.247 e. The number of hydrogen-bond acceptors (Lipinski definition) is 9.